The number of nitrogens with one attached hydrogen (secondary N) is 1. The fourth-order valence-electron chi connectivity index (χ4n) is 5.46. The number of hydrogen-bond donors (Lipinski definition) is 2. The minimum Gasteiger partial charge on any atom is -0.481 e. The first-order chi connectivity index (χ1) is 20.3. The quantitative estimate of drug-likeness (QED) is 0.367. The number of rotatable bonds is 10. The van der Waals surface area contributed by atoms with Crippen LogP contribution < -0.4 is 5.32 Å². The first-order valence-electron chi connectivity index (χ1n) is 13.7. The summed E-state index contributed by atoms with van der Waals surface area (Å²) in [5.41, 5.74) is -0.463. The monoisotopic (exact) mass is 641 g/mol. The predicted molar refractivity (Wildman–Crippen MR) is 152 cm³/mol. The molecular weight excluding hydrogens is 611 g/mol. The number of ether oxygens (including phenoxy) is 1. The summed E-state index contributed by atoms with van der Waals surface area (Å²) in [6, 6.07) is 0.635. The maximum absolute atomic E-state index is 15.5. The van der Waals surface area contributed by atoms with Crippen molar-refractivity contribution in [1.82, 2.24) is 20.3 Å². The van der Waals surface area contributed by atoms with E-state index in [1.807, 2.05) is 0 Å². The number of amidine groups is 1. The predicted octanol–water partition coefficient (Wildman–Crippen LogP) is 4.28. The Morgan fingerprint density at radius 2 is 2.12 bits per heavy atom. The van der Waals surface area contributed by atoms with Crippen LogP contribution in [0.15, 0.2) is 46.0 Å². The Balaban J connectivity index is 1.50. The van der Waals surface area contributed by atoms with Gasteiger partial charge in [-0.15, -0.1) is 11.3 Å². The molecule has 0 spiro atoms. The summed E-state index contributed by atoms with van der Waals surface area (Å²) < 4.78 is 50.4. The lowest BCUT2D eigenvalue weighted by atomic mass is 9.89. The van der Waals surface area contributed by atoms with Crippen molar-refractivity contribution in [3.63, 3.8) is 0 Å². The van der Waals surface area contributed by atoms with Crippen LogP contribution >= 0.6 is 22.9 Å². The maximum atomic E-state index is 15.5. The van der Waals surface area contributed by atoms with Crippen LogP contribution in [0.3, 0.4) is 0 Å². The van der Waals surface area contributed by atoms with Crippen LogP contribution in [0, 0.1) is 11.2 Å². The number of fused-ring (bicyclic) bond motifs is 1. The number of hydrogen-bond acceptors (Lipinski definition) is 10. The molecule has 2 aromatic rings. The van der Waals surface area contributed by atoms with Crippen molar-refractivity contribution in [2.45, 2.75) is 51.2 Å². The molecule has 0 saturated carbocycles. The van der Waals surface area contributed by atoms with E-state index >= 15 is 8.78 Å². The number of nitrogens with zero attached hydrogens (tertiary/aromatic N) is 4. The van der Waals surface area contributed by atoms with Crippen molar-refractivity contribution in [1.29, 1.82) is 0 Å². The number of aliphatic carboxylic acids is 1. The molecule has 5 rings (SSSR count). The van der Waals surface area contributed by atoms with Crippen molar-refractivity contribution < 1.29 is 37.4 Å². The van der Waals surface area contributed by atoms with Crippen LogP contribution in [-0.4, -0.2) is 88.7 Å². The van der Waals surface area contributed by atoms with E-state index in [1.54, 1.807) is 18.5 Å². The Kier molecular flexibility index (Phi) is 8.87. The van der Waals surface area contributed by atoms with Gasteiger partial charge in [0.25, 0.3) is 5.92 Å². The van der Waals surface area contributed by atoms with E-state index in [0.29, 0.717) is 16.4 Å². The van der Waals surface area contributed by atoms with Gasteiger partial charge in [-0.2, -0.15) is 5.06 Å². The van der Waals surface area contributed by atoms with E-state index in [4.69, 9.17) is 26.2 Å². The maximum Gasteiger partial charge on any atom is 0.338 e. The van der Waals surface area contributed by atoms with Gasteiger partial charge < -0.3 is 15.2 Å². The molecule has 4 heterocycles. The van der Waals surface area contributed by atoms with Crippen molar-refractivity contribution in [2.24, 2.45) is 10.4 Å². The third-order valence-corrected chi connectivity index (χ3v) is 8.92. The molecule has 1 unspecified atom stereocenters. The fourth-order valence-corrected chi connectivity index (χ4v) is 6.32. The number of hydroxylamine groups is 2. The van der Waals surface area contributed by atoms with Gasteiger partial charge in [0, 0.05) is 40.9 Å². The van der Waals surface area contributed by atoms with Crippen LogP contribution in [-0.2, 0) is 19.2 Å². The average molecular weight is 642 g/mol. The Morgan fingerprint density at radius 1 is 1.35 bits per heavy atom. The number of aliphatic imine (C=N–C) groups is 1. The number of benzene rings is 1. The number of likely N-dealkylation sites (tertiary alicyclic amines) is 1. The fraction of sp³-hybridized carbons (Fsp3) is 0.500. The molecule has 0 aliphatic carbocycles. The average Bonchev–Trinajstić information content (AvgIpc) is 3.66. The molecule has 1 aromatic heterocycles. The van der Waals surface area contributed by atoms with Crippen LogP contribution in [0.5, 0.6) is 0 Å². The second kappa shape index (κ2) is 12.2. The minimum absolute atomic E-state index is 0.00487. The largest absolute Gasteiger partial charge is 0.481 e. The third kappa shape index (κ3) is 6.29. The van der Waals surface area contributed by atoms with Gasteiger partial charge in [-0.05, 0) is 39.3 Å². The van der Waals surface area contributed by atoms with Gasteiger partial charge in [-0.1, -0.05) is 17.7 Å². The van der Waals surface area contributed by atoms with Crippen LogP contribution in [0.1, 0.15) is 43.8 Å². The van der Waals surface area contributed by atoms with Crippen LogP contribution in [0.4, 0.5) is 13.2 Å². The summed E-state index contributed by atoms with van der Waals surface area (Å²) in [7, 11) is 0. The molecule has 0 amide bonds. The lowest BCUT2D eigenvalue weighted by molar-refractivity contribution is -0.186. The van der Waals surface area contributed by atoms with Gasteiger partial charge in [-0.3, -0.25) is 19.5 Å². The van der Waals surface area contributed by atoms with Gasteiger partial charge in [0.15, 0.2) is 10.8 Å². The van der Waals surface area contributed by atoms with E-state index in [1.165, 1.54) is 47.3 Å². The first kappa shape index (κ1) is 31.4. The van der Waals surface area contributed by atoms with E-state index in [0.717, 1.165) is 6.07 Å². The Bertz CT molecular complexity index is 1450. The first-order valence-corrected chi connectivity index (χ1v) is 14.9. The van der Waals surface area contributed by atoms with E-state index in [2.05, 4.69) is 10.3 Å². The molecule has 10 nitrogen and oxygen atoms in total. The van der Waals surface area contributed by atoms with E-state index < -0.39 is 53.8 Å². The van der Waals surface area contributed by atoms with Crippen molar-refractivity contribution in [2.75, 3.05) is 32.8 Å². The highest BCUT2D eigenvalue weighted by atomic mass is 35.5. The molecular formula is C28H31ClF3N5O5S. The zero-order valence-corrected chi connectivity index (χ0v) is 25.2. The molecule has 43 heavy (non-hydrogen) atoms. The number of halogens is 4. The summed E-state index contributed by atoms with van der Waals surface area (Å²) in [4.78, 5) is 41.2. The number of carboxylic acid groups (broad SMARTS) is 1. The Hall–Kier alpha value is -3.04. The van der Waals surface area contributed by atoms with Crippen molar-refractivity contribution in [3.8, 4) is 0 Å². The molecule has 232 valence electrons. The molecule has 0 bridgehead atoms. The number of carbonyl (C=O) groups excluding carboxylic acids is 1. The minimum atomic E-state index is -3.19. The molecule has 1 aromatic carbocycles. The summed E-state index contributed by atoms with van der Waals surface area (Å²) in [6.45, 7) is 3.96. The molecule has 3 aliphatic heterocycles. The molecule has 2 fully saturated rings. The molecule has 2 N–H and O–H groups in total. The van der Waals surface area contributed by atoms with Gasteiger partial charge in [0.2, 0.25) is 0 Å². The van der Waals surface area contributed by atoms with Gasteiger partial charge in [0.05, 0.1) is 36.8 Å². The topological polar surface area (TPSA) is 117 Å². The molecule has 0 radical (unpaired) electrons. The molecule has 15 heteroatoms. The van der Waals surface area contributed by atoms with Gasteiger partial charge in [0.1, 0.15) is 17.9 Å². The zero-order valence-electron chi connectivity index (χ0n) is 23.7. The number of carbonyl (C=O) groups is 2. The highest BCUT2D eigenvalue weighted by molar-refractivity contribution is 7.11. The smallest absolute Gasteiger partial charge is 0.338 e. The third-order valence-electron chi connectivity index (χ3n) is 7.81. The zero-order chi connectivity index (χ0) is 31.1. The van der Waals surface area contributed by atoms with Crippen molar-refractivity contribution in [3.05, 3.63) is 62.5 Å². The second-order valence-electron chi connectivity index (χ2n) is 11.2. The number of carboxylic acids is 1. The van der Waals surface area contributed by atoms with E-state index in [-0.39, 0.29) is 49.0 Å². The Labute approximate surface area is 255 Å². The van der Waals surface area contributed by atoms with Gasteiger partial charge >= 0.3 is 11.9 Å². The number of esters is 1. The highest BCUT2D eigenvalue weighted by Gasteiger charge is 2.61. The van der Waals surface area contributed by atoms with Gasteiger partial charge in [-0.25, -0.2) is 22.9 Å². The Morgan fingerprint density at radius 3 is 2.77 bits per heavy atom. The SMILES string of the molecule is CCOC(=O)C1=C(CN2CC(F)(F)[C@H]3[C@@H]2CON3CCC(C)(C)C(=O)O)NC(c2nccs2)=NC1c1ccc(F)cc1Cl. The number of alkyl halides is 2. The highest BCUT2D eigenvalue weighted by Crippen LogP contribution is 2.42. The standard InChI is InChI=1S/C28H31ClF3N5O5S/c1-4-41-25(38)20-18(34-23(24-33-8-10-43-24)35-21(20)16-6-5-15(30)11-17(16)29)12-36-14-28(31,32)22-19(36)13-42-37(22)9-7-27(2,3)26(39)40/h5-6,8,10-11,19,21-22H,4,7,9,12-14H2,1-3H3,(H,34,35)(H,39,40)/t19-,21?,22+/m0/s1. The summed E-state index contributed by atoms with van der Waals surface area (Å²) >= 11 is 7.71. The second-order valence-corrected chi connectivity index (χ2v) is 12.5. The summed E-state index contributed by atoms with van der Waals surface area (Å²) in [6.07, 6.45) is 1.69. The lowest BCUT2D eigenvalue weighted by Gasteiger charge is -2.30. The number of aromatic nitrogens is 1. The lowest BCUT2D eigenvalue weighted by Crippen LogP contribution is -2.46. The van der Waals surface area contributed by atoms with E-state index in [9.17, 15) is 19.1 Å². The molecule has 2 saturated heterocycles. The molecule has 3 atom stereocenters. The summed E-state index contributed by atoms with van der Waals surface area (Å²) in [5.74, 6) is -5.22. The number of thiazole rings is 1. The molecule has 3 aliphatic rings. The van der Waals surface area contributed by atoms with Crippen LogP contribution in [0.25, 0.3) is 0 Å². The van der Waals surface area contributed by atoms with Crippen molar-refractivity contribution >= 4 is 40.7 Å². The summed E-state index contributed by atoms with van der Waals surface area (Å²) in [5, 5.41) is 16.0. The normalized spacial score (nSPS) is 24.1. The van der Waals surface area contributed by atoms with Crippen LogP contribution in [0.2, 0.25) is 5.02 Å².